The molecule has 0 unspecified atom stereocenters. The maximum atomic E-state index is 14.2. The number of ether oxygens (including phenoxy) is 1. The van der Waals surface area contributed by atoms with Crippen LogP contribution in [0.1, 0.15) is 12.0 Å². The van der Waals surface area contributed by atoms with Gasteiger partial charge in [0.25, 0.3) is 5.24 Å². The van der Waals surface area contributed by atoms with Gasteiger partial charge in [-0.2, -0.15) is 0 Å². The quantitative estimate of drug-likeness (QED) is 0.649. The van der Waals surface area contributed by atoms with Crippen LogP contribution in [-0.2, 0) is 5.75 Å². The van der Waals surface area contributed by atoms with Gasteiger partial charge in [0.1, 0.15) is 29.7 Å². The van der Waals surface area contributed by atoms with Crippen molar-refractivity contribution < 1.29 is 28.5 Å². The van der Waals surface area contributed by atoms with E-state index >= 15 is 0 Å². The van der Waals surface area contributed by atoms with Crippen LogP contribution in [0.3, 0.4) is 0 Å². The number of thioether (sulfide) groups is 1. The Balaban J connectivity index is 1.46. The minimum Gasteiger partial charge on any atom is -0.490 e. The highest BCUT2D eigenvalue weighted by molar-refractivity contribution is 8.13. The summed E-state index contributed by atoms with van der Waals surface area (Å²) >= 11 is 6.77. The molecule has 3 N–H and O–H groups in total. The van der Waals surface area contributed by atoms with Crippen LogP contribution < -0.4 is 15.0 Å². The molecule has 1 amide bonds. The maximum Gasteiger partial charge on any atom is 0.283 e. The summed E-state index contributed by atoms with van der Waals surface area (Å²) in [5.41, 5.74) is -0.439. The lowest BCUT2D eigenvalue weighted by Gasteiger charge is -2.42. The van der Waals surface area contributed by atoms with Gasteiger partial charge in [-0.15, -0.1) is 0 Å². The molecule has 0 spiro atoms. The van der Waals surface area contributed by atoms with E-state index in [1.807, 2.05) is 0 Å². The van der Waals surface area contributed by atoms with Crippen LogP contribution in [0.4, 0.5) is 25.0 Å². The van der Waals surface area contributed by atoms with Crippen LogP contribution in [0.2, 0.25) is 5.02 Å². The molecule has 30 heavy (non-hydrogen) atoms. The molecular weight excluding hydrogens is 438 g/mol. The highest BCUT2D eigenvalue weighted by Gasteiger charge is 2.42. The lowest BCUT2D eigenvalue weighted by Crippen LogP contribution is -2.58. The molecule has 2 aliphatic heterocycles. The van der Waals surface area contributed by atoms with E-state index in [2.05, 4.69) is 5.32 Å². The highest BCUT2D eigenvalue weighted by Crippen LogP contribution is 2.37. The SMILES string of the molecule is O=C1Nc2cccc(OC[C@]3(O)CCN(c4c(F)cc(Cl)cc4F)C[C@H]3O)c2CS1. The predicted octanol–water partition coefficient (Wildman–Crippen LogP) is 3.78. The number of rotatable bonds is 4. The number of piperidine rings is 1. The van der Waals surface area contributed by atoms with Crippen molar-refractivity contribution >= 4 is 40.0 Å². The summed E-state index contributed by atoms with van der Waals surface area (Å²) in [6, 6.07) is 7.22. The molecule has 0 radical (unpaired) electrons. The number of halogens is 3. The van der Waals surface area contributed by atoms with E-state index in [0.29, 0.717) is 17.2 Å². The second kappa shape index (κ2) is 8.22. The first-order valence-corrected chi connectivity index (χ1v) is 10.6. The summed E-state index contributed by atoms with van der Waals surface area (Å²) in [6.07, 6.45) is -1.26. The number of anilines is 2. The molecule has 4 rings (SSSR count). The molecule has 0 aromatic heterocycles. The Morgan fingerprint density at radius 3 is 2.77 bits per heavy atom. The minimum atomic E-state index is -1.59. The monoisotopic (exact) mass is 456 g/mol. The zero-order chi connectivity index (χ0) is 21.5. The number of carbonyl (C=O) groups is 1. The van der Waals surface area contributed by atoms with Crippen LogP contribution in [0.15, 0.2) is 30.3 Å². The van der Waals surface area contributed by atoms with Gasteiger partial charge in [0.05, 0.1) is 0 Å². The summed E-state index contributed by atoms with van der Waals surface area (Å²) in [6.45, 7) is -0.262. The largest absolute Gasteiger partial charge is 0.490 e. The van der Waals surface area contributed by atoms with Gasteiger partial charge in [-0.25, -0.2) is 8.78 Å². The van der Waals surface area contributed by atoms with E-state index in [1.165, 1.54) is 4.90 Å². The lowest BCUT2D eigenvalue weighted by molar-refractivity contribution is -0.109. The van der Waals surface area contributed by atoms with Gasteiger partial charge in [-0.3, -0.25) is 4.79 Å². The number of aliphatic hydroxyl groups excluding tert-OH is 1. The van der Waals surface area contributed by atoms with Gasteiger partial charge >= 0.3 is 0 Å². The molecule has 1 fully saturated rings. The molecule has 2 aromatic rings. The van der Waals surface area contributed by atoms with E-state index in [4.69, 9.17) is 16.3 Å². The van der Waals surface area contributed by atoms with Crippen LogP contribution in [0, 0.1) is 11.6 Å². The zero-order valence-electron chi connectivity index (χ0n) is 15.7. The first kappa shape index (κ1) is 21.2. The first-order valence-electron chi connectivity index (χ1n) is 9.25. The molecule has 1 saturated heterocycles. The average Bonchev–Trinajstić information content (AvgIpc) is 2.68. The third-order valence-corrected chi connectivity index (χ3v) is 6.34. The average molecular weight is 457 g/mol. The van der Waals surface area contributed by atoms with Crippen LogP contribution in [0.25, 0.3) is 0 Å². The Bertz CT molecular complexity index is 972. The third kappa shape index (κ3) is 4.07. The van der Waals surface area contributed by atoms with Crippen molar-refractivity contribution in [3.63, 3.8) is 0 Å². The Kier molecular flexibility index (Phi) is 5.80. The fraction of sp³-hybridized carbons (Fsp3) is 0.350. The van der Waals surface area contributed by atoms with Gasteiger partial charge in [0, 0.05) is 35.1 Å². The van der Waals surface area contributed by atoms with Crippen molar-refractivity contribution in [2.24, 2.45) is 0 Å². The van der Waals surface area contributed by atoms with E-state index in [1.54, 1.807) is 18.2 Å². The van der Waals surface area contributed by atoms with Crippen LogP contribution in [-0.4, -0.2) is 46.9 Å². The fourth-order valence-electron chi connectivity index (χ4n) is 3.63. The maximum absolute atomic E-state index is 14.2. The van der Waals surface area contributed by atoms with Crippen molar-refractivity contribution in [3.8, 4) is 5.75 Å². The number of nitrogens with one attached hydrogen (secondary N) is 1. The lowest BCUT2D eigenvalue weighted by atomic mass is 9.89. The Hall–Kier alpha value is -2.07. The summed E-state index contributed by atoms with van der Waals surface area (Å²) in [7, 11) is 0. The number of benzene rings is 2. The number of aliphatic hydroxyl groups is 2. The number of amides is 1. The van der Waals surface area contributed by atoms with E-state index in [-0.39, 0.29) is 42.1 Å². The highest BCUT2D eigenvalue weighted by atomic mass is 35.5. The molecule has 0 saturated carbocycles. The van der Waals surface area contributed by atoms with Crippen molar-refractivity contribution in [2.75, 3.05) is 29.9 Å². The third-order valence-electron chi connectivity index (χ3n) is 5.32. The predicted molar refractivity (Wildman–Crippen MR) is 111 cm³/mol. The van der Waals surface area contributed by atoms with E-state index in [9.17, 15) is 23.8 Å². The first-order chi connectivity index (χ1) is 14.3. The Labute approximate surface area is 180 Å². The minimum absolute atomic E-state index is 0.0379. The number of β-amino-alcohol motifs (C(OH)–C–C–N with tert-alkyl or cyclic N) is 1. The van der Waals surface area contributed by atoms with Crippen molar-refractivity contribution in [1.82, 2.24) is 0 Å². The molecule has 2 atom stereocenters. The topological polar surface area (TPSA) is 82.0 Å². The van der Waals surface area contributed by atoms with Gasteiger partial charge < -0.3 is 25.2 Å². The number of hydrogen-bond acceptors (Lipinski definition) is 6. The Morgan fingerprint density at radius 1 is 1.33 bits per heavy atom. The smallest absolute Gasteiger partial charge is 0.283 e. The molecule has 2 aromatic carbocycles. The van der Waals surface area contributed by atoms with Gasteiger partial charge in [-0.05, 0) is 30.7 Å². The standard InChI is InChI=1S/C20H19ClF2N2O4S/c21-11-6-13(22)18(14(23)7-11)25-5-4-20(28,17(26)8-25)10-29-16-3-1-2-15-12(16)9-30-19(27)24-15/h1-3,6-7,17,26,28H,4-5,8-10H2,(H,24,27)/t17-,20-/m1/s1. The molecule has 10 heteroatoms. The van der Waals surface area contributed by atoms with Gasteiger partial charge in [0.2, 0.25) is 0 Å². The summed E-state index contributed by atoms with van der Waals surface area (Å²) in [5.74, 6) is -0.729. The molecule has 160 valence electrons. The summed E-state index contributed by atoms with van der Waals surface area (Å²) < 4.78 is 34.2. The number of hydrogen-bond donors (Lipinski definition) is 3. The fourth-order valence-corrected chi connectivity index (χ4v) is 4.57. The number of fused-ring (bicyclic) bond motifs is 1. The molecule has 0 bridgehead atoms. The zero-order valence-corrected chi connectivity index (χ0v) is 17.3. The molecule has 6 nitrogen and oxygen atoms in total. The van der Waals surface area contributed by atoms with E-state index in [0.717, 1.165) is 29.5 Å². The normalized spacial score (nSPS) is 23.7. The van der Waals surface area contributed by atoms with Crippen LogP contribution >= 0.6 is 23.4 Å². The molecule has 0 aliphatic carbocycles. The Morgan fingerprint density at radius 2 is 2.07 bits per heavy atom. The molecule has 2 aliphatic rings. The van der Waals surface area contributed by atoms with Crippen molar-refractivity contribution in [3.05, 3.63) is 52.6 Å². The summed E-state index contributed by atoms with van der Waals surface area (Å²) in [4.78, 5) is 12.9. The van der Waals surface area contributed by atoms with Gasteiger partial charge in [-0.1, -0.05) is 29.4 Å². The number of nitrogens with zero attached hydrogens (tertiary/aromatic N) is 1. The van der Waals surface area contributed by atoms with E-state index < -0.39 is 23.3 Å². The number of carbonyl (C=O) groups excluding carboxylic acids is 1. The second-order valence-corrected chi connectivity index (χ2v) is 8.69. The molecular formula is C20H19ClF2N2O4S. The second-order valence-electron chi connectivity index (χ2n) is 7.31. The van der Waals surface area contributed by atoms with Crippen molar-refractivity contribution in [1.29, 1.82) is 0 Å². The van der Waals surface area contributed by atoms with Crippen molar-refractivity contribution in [2.45, 2.75) is 23.9 Å². The van der Waals surface area contributed by atoms with Crippen LogP contribution in [0.5, 0.6) is 5.75 Å². The summed E-state index contributed by atoms with van der Waals surface area (Å²) in [5, 5.41) is 24.0. The molecule has 2 heterocycles. The van der Waals surface area contributed by atoms with Gasteiger partial charge in [0.15, 0.2) is 11.6 Å².